The van der Waals surface area contributed by atoms with Gasteiger partial charge in [0.05, 0.1) is 12.7 Å². The van der Waals surface area contributed by atoms with Gasteiger partial charge in [-0.25, -0.2) is 0 Å². The zero-order valence-electron chi connectivity index (χ0n) is 12.3. The molecule has 0 radical (unpaired) electrons. The Balaban J connectivity index is 1.36. The third kappa shape index (κ3) is 3.48. The van der Waals surface area contributed by atoms with Crippen LogP contribution in [0.25, 0.3) is 0 Å². The summed E-state index contributed by atoms with van der Waals surface area (Å²) < 4.78 is 6.01. The number of likely N-dealkylation sites (tertiary alicyclic amines) is 1. The molecule has 110 valence electrons. The van der Waals surface area contributed by atoms with E-state index in [9.17, 15) is 0 Å². The molecule has 0 aromatic rings. The molecule has 0 aromatic heterocycles. The van der Waals surface area contributed by atoms with E-state index in [1.807, 2.05) is 0 Å². The maximum absolute atomic E-state index is 6.01. The normalized spacial score (nSPS) is 34.6. The van der Waals surface area contributed by atoms with Gasteiger partial charge < -0.3 is 15.0 Å². The third-order valence-corrected chi connectivity index (χ3v) is 5.13. The first-order valence-electron chi connectivity index (χ1n) is 8.16. The molecule has 1 N–H and O–H groups in total. The average Bonchev–Trinajstić information content (AvgIpc) is 2.93. The molecular formula is C15H29N3O. The van der Waals surface area contributed by atoms with Crippen LogP contribution in [0.3, 0.4) is 0 Å². The maximum Gasteiger partial charge on any atom is 0.0827 e. The first-order chi connectivity index (χ1) is 9.35. The van der Waals surface area contributed by atoms with Gasteiger partial charge in [0.25, 0.3) is 0 Å². The highest BCUT2D eigenvalue weighted by Gasteiger charge is 2.32. The zero-order valence-corrected chi connectivity index (χ0v) is 12.3. The Labute approximate surface area is 117 Å². The van der Waals surface area contributed by atoms with Gasteiger partial charge in [0.1, 0.15) is 0 Å². The lowest BCUT2D eigenvalue weighted by Crippen LogP contribution is -2.51. The molecule has 0 saturated carbocycles. The van der Waals surface area contributed by atoms with E-state index < -0.39 is 0 Å². The molecule has 0 amide bonds. The number of nitrogens with zero attached hydrogens (tertiary/aromatic N) is 2. The predicted octanol–water partition coefficient (Wildman–Crippen LogP) is 0.923. The molecule has 0 aliphatic carbocycles. The summed E-state index contributed by atoms with van der Waals surface area (Å²) in [5.41, 5.74) is 0. The smallest absolute Gasteiger partial charge is 0.0827 e. The van der Waals surface area contributed by atoms with E-state index in [1.54, 1.807) is 0 Å². The molecule has 3 saturated heterocycles. The first-order valence-corrected chi connectivity index (χ1v) is 8.16. The highest BCUT2D eigenvalue weighted by molar-refractivity contribution is 4.87. The van der Waals surface area contributed by atoms with Crippen LogP contribution in [0.5, 0.6) is 0 Å². The van der Waals surface area contributed by atoms with Gasteiger partial charge in [-0.1, -0.05) is 6.92 Å². The van der Waals surface area contributed by atoms with Crippen molar-refractivity contribution in [2.24, 2.45) is 0 Å². The summed E-state index contributed by atoms with van der Waals surface area (Å²) in [6.07, 6.45) is 5.72. The molecule has 2 atom stereocenters. The zero-order chi connectivity index (χ0) is 13.1. The Bertz CT molecular complexity index is 279. The molecule has 0 aromatic carbocycles. The van der Waals surface area contributed by atoms with Crippen LogP contribution in [0.15, 0.2) is 0 Å². The van der Waals surface area contributed by atoms with Crippen molar-refractivity contribution in [3.8, 4) is 0 Å². The van der Waals surface area contributed by atoms with Crippen LogP contribution in [0.1, 0.15) is 32.6 Å². The summed E-state index contributed by atoms with van der Waals surface area (Å²) in [6, 6.07) is 1.44. The first kappa shape index (κ1) is 13.8. The fourth-order valence-corrected chi connectivity index (χ4v) is 3.76. The Hall–Kier alpha value is -0.160. The number of morpholine rings is 1. The molecule has 0 spiro atoms. The van der Waals surface area contributed by atoms with Gasteiger partial charge in [0, 0.05) is 25.2 Å². The van der Waals surface area contributed by atoms with E-state index >= 15 is 0 Å². The van der Waals surface area contributed by atoms with E-state index in [1.165, 1.54) is 51.9 Å². The van der Waals surface area contributed by atoms with Gasteiger partial charge in [0.15, 0.2) is 0 Å². The van der Waals surface area contributed by atoms with Crippen molar-refractivity contribution in [1.82, 2.24) is 15.1 Å². The fraction of sp³-hybridized carbons (Fsp3) is 1.00. The molecule has 3 heterocycles. The number of ether oxygens (including phenoxy) is 1. The van der Waals surface area contributed by atoms with Crippen molar-refractivity contribution in [3.05, 3.63) is 0 Å². The van der Waals surface area contributed by atoms with E-state index in [4.69, 9.17) is 4.74 Å². The molecule has 0 bridgehead atoms. The lowest BCUT2D eigenvalue weighted by Gasteiger charge is -2.37. The van der Waals surface area contributed by atoms with Crippen LogP contribution < -0.4 is 5.32 Å². The fourth-order valence-electron chi connectivity index (χ4n) is 3.76. The molecule has 3 fully saturated rings. The summed E-state index contributed by atoms with van der Waals surface area (Å²) in [4.78, 5) is 5.18. The van der Waals surface area contributed by atoms with Gasteiger partial charge in [-0.3, -0.25) is 4.90 Å². The summed E-state index contributed by atoms with van der Waals surface area (Å²) in [5.74, 6) is 0. The molecule has 4 heteroatoms. The minimum atomic E-state index is 0.415. The van der Waals surface area contributed by atoms with Crippen LogP contribution in [-0.2, 0) is 4.74 Å². The lowest BCUT2D eigenvalue weighted by atomic mass is 10.0. The molecule has 3 aliphatic rings. The van der Waals surface area contributed by atoms with Crippen LogP contribution in [0.2, 0.25) is 0 Å². The molecular weight excluding hydrogens is 238 g/mol. The number of hydrogen-bond donors (Lipinski definition) is 1. The molecule has 4 nitrogen and oxygen atoms in total. The second-order valence-electron chi connectivity index (χ2n) is 6.36. The van der Waals surface area contributed by atoms with Gasteiger partial charge in [0.2, 0.25) is 0 Å². The summed E-state index contributed by atoms with van der Waals surface area (Å²) >= 11 is 0. The standard InChI is InChI=1S/C15H29N3O/c1-2-17-8-5-13(6-9-17)16-10-15-11-18-7-3-4-14(18)12-19-15/h13-16H,2-12H2,1H3. The van der Waals surface area contributed by atoms with Gasteiger partial charge in [-0.2, -0.15) is 0 Å². The average molecular weight is 267 g/mol. The van der Waals surface area contributed by atoms with Crippen LogP contribution >= 0.6 is 0 Å². The Morgan fingerprint density at radius 1 is 1.16 bits per heavy atom. The third-order valence-electron chi connectivity index (χ3n) is 5.13. The van der Waals surface area contributed by atoms with Crippen molar-refractivity contribution in [3.63, 3.8) is 0 Å². The Morgan fingerprint density at radius 3 is 2.79 bits per heavy atom. The molecule has 2 unspecified atom stereocenters. The largest absolute Gasteiger partial charge is 0.374 e. The van der Waals surface area contributed by atoms with E-state index in [0.717, 1.165) is 25.7 Å². The van der Waals surface area contributed by atoms with Crippen molar-refractivity contribution in [2.75, 3.05) is 45.9 Å². The number of rotatable bonds is 4. The Kier molecular flexibility index (Phi) is 4.74. The number of hydrogen-bond acceptors (Lipinski definition) is 4. The minimum absolute atomic E-state index is 0.415. The summed E-state index contributed by atoms with van der Waals surface area (Å²) in [6.45, 7) is 10.4. The Morgan fingerprint density at radius 2 is 2.00 bits per heavy atom. The monoisotopic (exact) mass is 267 g/mol. The summed E-state index contributed by atoms with van der Waals surface area (Å²) in [7, 11) is 0. The van der Waals surface area contributed by atoms with Crippen LogP contribution in [0.4, 0.5) is 0 Å². The molecule has 3 rings (SSSR count). The topological polar surface area (TPSA) is 27.7 Å². The van der Waals surface area contributed by atoms with Gasteiger partial charge >= 0.3 is 0 Å². The van der Waals surface area contributed by atoms with Crippen molar-refractivity contribution >= 4 is 0 Å². The van der Waals surface area contributed by atoms with Crippen molar-refractivity contribution < 1.29 is 4.74 Å². The SMILES string of the molecule is CCN1CCC(NCC2CN3CCCC3CO2)CC1. The van der Waals surface area contributed by atoms with Gasteiger partial charge in [-0.15, -0.1) is 0 Å². The van der Waals surface area contributed by atoms with Crippen LogP contribution in [-0.4, -0.2) is 73.9 Å². The summed E-state index contributed by atoms with van der Waals surface area (Å²) in [5, 5.41) is 3.74. The van der Waals surface area contributed by atoms with Crippen molar-refractivity contribution in [1.29, 1.82) is 0 Å². The number of nitrogens with one attached hydrogen (secondary N) is 1. The number of fused-ring (bicyclic) bond motifs is 1. The van der Waals surface area contributed by atoms with E-state index in [-0.39, 0.29) is 0 Å². The van der Waals surface area contributed by atoms with E-state index in [2.05, 4.69) is 22.0 Å². The van der Waals surface area contributed by atoms with E-state index in [0.29, 0.717) is 12.1 Å². The second-order valence-corrected chi connectivity index (χ2v) is 6.36. The molecule has 3 aliphatic heterocycles. The van der Waals surface area contributed by atoms with Gasteiger partial charge in [-0.05, 0) is 51.9 Å². The highest BCUT2D eigenvalue weighted by Crippen LogP contribution is 2.22. The van der Waals surface area contributed by atoms with Crippen molar-refractivity contribution in [2.45, 2.75) is 50.8 Å². The number of piperidine rings is 1. The lowest BCUT2D eigenvalue weighted by molar-refractivity contribution is -0.0484. The molecule has 19 heavy (non-hydrogen) atoms. The van der Waals surface area contributed by atoms with Crippen LogP contribution in [0, 0.1) is 0 Å². The minimum Gasteiger partial charge on any atom is -0.374 e. The second kappa shape index (κ2) is 6.53. The maximum atomic E-state index is 6.01. The predicted molar refractivity (Wildman–Crippen MR) is 77.5 cm³/mol. The quantitative estimate of drug-likeness (QED) is 0.820. The highest BCUT2D eigenvalue weighted by atomic mass is 16.5.